The lowest BCUT2D eigenvalue weighted by atomic mass is 9.92. The second kappa shape index (κ2) is 5.25. The zero-order valence-electron chi connectivity index (χ0n) is 11.2. The molecule has 3 fully saturated rings. The molecule has 3 heteroatoms. The quantitative estimate of drug-likeness (QED) is 0.794. The Morgan fingerprint density at radius 2 is 1.82 bits per heavy atom. The van der Waals surface area contributed by atoms with E-state index in [1.54, 1.807) is 0 Å². The molecule has 1 N–H and O–H groups in total. The van der Waals surface area contributed by atoms with Gasteiger partial charge in [0.1, 0.15) is 0 Å². The highest BCUT2D eigenvalue weighted by molar-refractivity contribution is 4.88. The molecule has 17 heavy (non-hydrogen) atoms. The summed E-state index contributed by atoms with van der Waals surface area (Å²) in [5.41, 5.74) is 0. The van der Waals surface area contributed by atoms with Crippen molar-refractivity contribution >= 4 is 0 Å². The van der Waals surface area contributed by atoms with Gasteiger partial charge in [-0.05, 0) is 45.1 Å². The van der Waals surface area contributed by atoms with Crippen LogP contribution in [-0.4, -0.2) is 61.2 Å². The molecule has 1 saturated carbocycles. The average Bonchev–Trinajstić information content (AvgIpc) is 3.14. The molecule has 3 rings (SSSR count). The first-order valence-electron chi connectivity index (χ1n) is 7.51. The van der Waals surface area contributed by atoms with E-state index in [-0.39, 0.29) is 0 Å². The third-order valence-corrected chi connectivity index (χ3v) is 4.72. The molecule has 1 aliphatic carbocycles. The lowest BCUT2D eigenvalue weighted by Crippen LogP contribution is -2.49. The van der Waals surface area contributed by atoms with Crippen molar-refractivity contribution in [3.05, 3.63) is 0 Å². The molecule has 3 nitrogen and oxygen atoms in total. The van der Waals surface area contributed by atoms with Gasteiger partial charge in [-0.2, -0.15) is 0 Å². The lowest BCUT2D eigenvalue weighted by Gasteiger charge is -2.38. The van der Waals surface area contributed by atoms with Gasteiger partial charge < -0.3 is 10.2 Å². The van der Waals surface area contributed by atoms with Crippen molar-refractivity contribution in [2.45, 2.75) is 44.7 Å². The third kappa shape index (κ3) is 3.21. The topological polar surface area (TPSA) is 18.5 Å². The number of hydrogen-bond acceptors (Lipinski definition) is 3. The standard InChI is InChI=1S/C14H27N3/c1-12-10-13(4-5-15-12)11-16-6-8-17(9-7-16)14-2-3-14/h12-15H,2-11H2,1H3. The van der Waals surface area contributed by atoms with Gasteiger partial charge in [-0.15, -0.1) is 0 Å². The number of hydrogen-bond donors (Lipinski definition) is 1. The Balaban J connectivity index is 1.40. The van der Waals surface area contributed by atoms with E-state index in [2.05, 4.69) is 22.0 Å². The predicted octanol–water partition coefficient (Wildman–Crippen LogP) is 1.15. The fraction of sp³-hybridized carbons (Fsp3) is 1.00. The Labute approximate surface area is 106 Å². The van der Waals surface area contributed by atoms with E-state index in [0.717, 1.165) is 18.0 Å². The molecule has 98 valence electrons. The lowest BCUT2D eigenvalue weighted by molar-refractivity contribution is 0.103. The Hall–Kier alpha value is -0.120. The van der Waals surface area contributed by atoms with Gasteiger partial charge in [0.2, 0.25) is 0 Å². The normalized spacial score (nSPS) is 37.2. The van der Waals surface area contributed by atoms with Crippen LogP contribution in [-0.2, 0) is 0 Å². The zero-order chi connectivity index (χ0) is 11.7. The van der Waals surface area contributed by atoms with Crippen LogP contribution in [0, 0.1) is 5.92 Å². The second-order valence-electron chi connectivity index (χ2n) is 6.31. The highest BCUT2D eigenvalue weighted by atomic mass is 15.3. The van der Waals surface area contributed by atoms with Crippen LogP contribution in [0.5, 0.6) is 0 Å². The molecule has 2 aliphatic heterocycles. The minimum Gasteiger partial charge on any atom is -0.314 e. The van der Waals surface area contributed by atoms with Gasteiger partial charge in [-0.1, -0.05) is 0 Å². The number of piperidine rings is 1. The number of piperazine rings is 1. The summed E-state index contributed by atoms with van der Waals surface area (Å²) in [4.78, 5) is 5.42. The van der Waals surface area contributed by atoms with Crippen LogP contribution < -0.4 is 5.32 Å². The average molecular weight is 237 g/mol. The van der Waals surface area contributed by atoms with Gasteiger partial charge in [-0.3, -0.25) is 4.90 Å². The summed E-state index contributed by atoms with van der Waals surface area (Å²) >= 11 is 0. The van der Waals surface area contributed by atoms with Crippen molar-refractivity contribution in [3.63, 3.8) is 0 Å². The summed E-state index contributed by atoms with van der Waals surface area (Å²) in [7, 11) is 0. The molecule has 3 aliphatic rings. The summed E-state index contributed by atoms with van der Waals surface area (Å²) < 4.78 is 0. The maximum Gasteiger partial charge on any atom is 0.0113 e. The third-order valence-electron chi connectivity index (χ3n) is 4.72. The van der Waals surface area contributed by atoms with Gasteiger partial charge in [0.25, 0.3) is 0 Å². The Bertz CT molecular complexity index is 244. The van der Waals surface area contributed by atoms with E-state index in [1.165, 1.54) is 65.0 Å². The van der Waals surface area contributed by atoms with Gasteiger partial charge in [0.05, 0.1) is 0 Å². The Kier molecular flexibility index (Phi) is 3.69. The van der Waals surface area contributed by atoms with E-state index >= 15 is 0 Å². The smallest absolute Gasteiger partial charge is 0.0113 e. The molecule has 0 bridgehead atoms. The highest BCUT2D eigenvalue weighted by Crippen LogP contribution is 2.27. The van der Waals surface area contributed by atoms with Crippen molar-refractivity contribution in [3.8, 4) is 0 Å². The highest BCUT2D eigenvalue weighted by Gasteiger charge is 2.31. The number of nitrogens with one attached hydrogen (secondary N) is 1. The van der Waals surface area contributed by atoms with Crippen molar-refractivity contribution < 1.29 is 0 Å². The maximum atomic E-state index is 3.55. The summed E-state index contributed by atoms with van der Waals surface area (Å²) in [6.07, 6.45) is 5.69. The molecule has 0 amide bonds. The molecular weight excluding hydrogens is 210 g/mol. The van der Waals surface area contributed by atoms with Crippen LogP contribution in [0.2, 0.25) is 0 Å². The molecule has 2 heterocycles. The van der Waals surface area contributed by atoms with Crippen LogP contribution in [0.4, 0.5) is 0 Å². The van der Waals surface area contributed by atoms with E-state index in [9.17, 15) is 0 Å². The van der Waals surface area contributed by atoms with Crippen molar-refractivity contribution in [2.75, 3.05) is 39.3 Å². The van der Waals surface area contributed by atoms with Crippen LogP contribution in [0.3, 0.4) is 0 Å². The SMILES string of the molecule is CC1CC(CN2CCN(C3CC3)CC2)CCN1. The van der Waals surface area contributed by atoms with Crippen LogP contribution in [0.25, 0.3) is 0 Å². The van der Waals surface area contributed by atoms with Crippen molar-refractivity contribution in [2.24, 2.45) is 5.92 Å². The van der Waals surface area contributed by atoms with Crippen LogP contribution in [0.15, 0.2) is 0 Å². The molecule has 0 aromatic carbocycles. The molecule has 0 aromatic rings. The van der Waals surface area contributed by atoms with Crippen LogP contribution >= 0.6 is 0 Å². The van der Waals surface area contributed by atoms with E-state index in [1.807, 2.05) is 0 Å². The minimum atomic E-state index is 0.738. The number of rotatable bonds is 3. The monoisotopic (exact) mass is 237 g/mol. The van der Waals surface area contributed by atoms with Crippen LogP contribution in [0.1, 0.15) is 32.6 Å². The van der Waals surface area contributed by atoms with Gasteiger partial charge in [0, 0.05) is 44.8 Å². The molecule has 0 aromatic heterocycles. The summed E-state index contributed by atoms with van der Waals surface area (Å²) in [5, 5.41) is 3.55. The summed E-state index contributed by atoms with van der Waals surface area (Å²) in [6.45, 7) is 10.2. The first kappa shape index (κ1) is 11.9. The molecule has 0 radical (unpaired) electrons. The predicted molar refractivity (Wildman–Crippen MR) is 71.2 cm³/mol. The number of nitrogens with zero attached hydrogens (tertiary/aromatic N) is 2. The Morgan fingerprint density at radius 3 is 2.47 bits per heavy atom. The van der Waals surface area contributed by atoms with E-state index in [0.29, 0.717) is 0 Å². The Morgan fingerprint density at radius 1 is 1.06 bits per heavy atom. The summed E-state index contributed by atoms with van der Waals surface area (Å²) in [6, 6.07) is 1.71. The van der Waals surface area contributed by atoms with Gasteiger partial charge in [-0.25, -0.2) is 0 Å². The minimum absolute atomic E-state index is 0.738. The molecule has 0 spiro atoms. The van der Waals surface area contributed by atoms with Gasteiger partial charge in [0.15, 0.2) is 0 Å². The van der Waals surface area contributed by atoms with Gasteiger partial charge >= 0.3 is 0 Å². The molecular formula is C14H27N3. The van der Waals surface area contributed by atoms with E-state index < -0.39 is 0 Å². The summed E-state index contributed by atoms with van der Waals surface area (Å²) in [5.74, 6) is 0.943. The largest absolute Gasteiger partial charge is 0.314 e. The van der Waals surface area contributed by atoms with E-state index in [4.69, 9.17) is 0 Å². The molecule has 2 saturated heterocycles. The second-order valence-corrected chi connectivity index (χ2v) is 6.31. The van der Waals surface area contributed by atoms with Crippen molar-refractivity contribution in [1.29, 1.82) is 0 Å². The fourth-order valence-electron chi connectivity index (χ4n) is 3.52. The maximum absolute atomic E-state index is 3.55. The first-order chi connectivity index (χ1) is 8.31. The first-order valence-corrected chi connectivity index (χ1v) is 7.51. The molecule has 2 unspecified atom stereocenters. The van der Waals surface area contributed by atoms with Crippen molar-refractivity contribution in [1.82, 2.24) is 15.1 Å². The fourth-order valence-corrected chi connectivity index (χ4v) is 3.52. The molecule has 2 atom stereocenters. The zero-order valence-corrected chi connectivity index (χ0v) is 11.2.